The highest BCUT2D eigenvalue weighted by Crippen LogP contribution is 2.64. The summed E-state index contributed by atoms with van der Waals surface area (Å²) < 4.78 is 40.8. The fourth-order valence-corrected chi connectivity index (χ4v) is 8.65. The van der Waals surface area contributed by atoms with E-state index < -0.39 is 40.8 Å². The molecule has 8 nitrogen and oxygen atoms in total. The fourth-order valence-electron chi connectivity index (χ4n) is 5.56. The molecule has 0 aliphatic heterocycles. The Morgan fingerprint density at radius 3 is 1.30 bits per heavy atom. The summed E-state index contributed by atoms with van der Waals surface area (Å²) in [6.07, 6.45) is 0.174. The van der Waals surface area contributed by atoms with E-state index in [0.29, 0.717) is 17.9 Å². The summed E-state index contributed by atoms with van der Waals surface area (Å²) in [5, 5.41) is 0. The lowest BCUT2D eigenvalue weighted by Crippen LogP contribution is -2.73. The zero-order valence-corrected chi connectivity index (χ0v) is 32.2. The predicted molar refractivity (Wildman–Crippen MR) is 181 cm³/mol. The maximum absolute atomic E-state index is 13.4. The lowest BCUT2D eigenvalue weighted by atomic mass is 9.55. The first kappa shape index (κ1) is 38.0. The summed E-state index contributed by atoms with van der Waals surface area (Å²) >= 11 is 14.9. The minimum atomic E-state index is -1.83. The second-order valence-electron chi connectivity index (χ2n) is 10.1. The molecule has 0 amide bonds. The Kier molecular flexibility index (Phi) is 13.6. The monoisotopic (exact) mass is 856 g/mol. The van der Waals surface area contributed by atoms with Gasteiger partial charge in [0.1, 0.15) is 12.2 Å². The first-order chi connectivity index (χ1) is 20.2. The maximum atomic E-state index is 13.4. The number of esters is 2. The average Bonchev–Trinajstić information content (AvgIpc) is 2.98. The maximum Gasteiger partial charge on any atom is 0.331 e. The second kappa shape index (κ2) is 15.4. The van der Waals surface area contributed by atoms with E-state index in [0.717, 1.165) is 23.3 Å². The molecular weight excluding hydrogens is 820 g/mol. The van der Waals surface area contributed by atoms with Crippen molar-refractivity contribution in [3.8, 4) is 0 Å². The van der Waals surface area contributed by atoms with E-state index in [2.05, 4.69) is 76.9 Å². The Labute approximate surface area is 288 Å². The molecule has 0 aromatic rings. The van der Waals surface area contributed by atoms with Crippen LogP contribution in [0.3, 0.4) is 0 Å². The van der Waals surface area contributed by atoms with Crippen LogP contribution in [0.25, 0.3) is 0 Å². The van der Waals surface area contributed by atoms with Gasteiger partial charge in [-0.3, -0.25) is 0 Å². The topological polar surface area (TPSA) is 89.5 Å². The predicted octanol–water partition coefficient (Wildman–Crippen LogP) is 8.41. The number of allylic oxidation sites excluding steroid dienone is 4. The van der Waals surface area contributed by atoms with Crippen molar-refractivity contribution in [2.24, 2.45) is 5.41 Å². The van der Waals surface area contributed by atoms with Crippen molar-refractivity contribution in [2.45, 2.75) is 78.8 Å². The molecule has 0 aromatic carbocycles. The second-order valence-corrected chi connectivity index (χ2v) is 13.4. The summed E-state index contributed by atoms with van der Waals surface area (Å²) in [6, 6.07) is 0. The van der Waals surface area contributed by atoms with Crippen LogP contribution in [-0.2, 0) is 38.0 Å². The number of ether oxygens (including phenoxy) is 6. The molecule has 12 heteroatoms. The van der Waals surface area contributed by atoms with Gasteiger partial charge in [-0.25, -0.2) is 9.59 Å². The SMILES string of the molecule is C=CC(=O)OC1(C(C)(C)C2(OC(=O)C=C)C(OCC)=C(Br)C(C)=C(Br)C2OCC)C(OCC)=C(Br)C(C)=C(Br)C1OCC. The molecule has 4 unspecified atom stereocenters. The summed E-state index contributed by atoms with van der Waals surface area (Å²) in [6.45, 7) is 22.9. The zero-order chi connectivity index (χ0) is 32.9. The summed E-state index contributed by atoms with van der Waals surface area (Å²) in [5.41, 5.74) is -3.63. The molecule has 0 fully saturated rings. The largest absolute Gasteiger partial charge is 0.493 e. The van der Waals surface area contributed by atoms with E-state index in [4.69, 9.17) is 28.4 Å². The highest BCUT2D eigenvalue weighted by Gasteiger charge is 2.75. The lowest BCUT2D eigenvalue weighted by molar-refractivity contribution is -0.258. The first-order valence-corrected chi connectivity index (χ1v) is 17.1. The summed E-state index contributed by atoms with van der Waals surface area (Å²) in [4.78, 5) is 26.9. The molecular formula is C31H40Br4O8. The quantitative estimate of drug-likeness (QED) is 0.127. The number of carbonyl (C=O) groups excluding carboxylic acids is 2. The van der Waals surface area contributed by atoms with Crippen LogP contribution in [0.15, 0.2) is 65.9 Å². The van der Waals surface area contributed by atoms with Crippen LogP contribution < -0.4 is 0 Å². The van der Waals surface area contributed by atoms with Gasteiger partial charge in [0.15, 0.2) is 11.5 Å². The number of rotatable bonds is 14. The van der Waals surface area contributed by atoms with Crippen molar-refractivity contribution in [1.82, 2.24) is 0 Å². The van der Waals surface area contributed by atoms with Gasteiger partial charge in [-0.05, 0) is 84.5 Å². The molecule has 0 bridgehead atoms. The Bertz CT molecular complexity index is 1170. The number of carbonyl (C=O) groups is 2. The van der Waals surface area contributed by atoms with Crippen molar-refractivity contribution in [2.75, 3.05) is 26.4 Å². The third-order valence-corrected chi connectivity index (χ3v) is 11.5. The fraction of sp³-hybridized carbons (Fsp3) is 0.548. The van der Waals surface area contributed by atoms with Crippen LogP contribution in [-0.4, -0.2) is 61.8 Å². The van der Waals surface area contributed by atoms with Gasteiger partial charge in [-0.2, -0.15) is 0 Å². The highest BCUT2D eigenvalue weighted by atomic mass is 79.9. The Hall–Kier alpha value is -1.18. The molecule has 2 aliphatic rings. The molecule has 4 atom stereocenters. The minimum absolute atomic E-state index is 0.215. The van der Waals surface area contributed by atoms with Gasteiger partial charge in [0.05, 0.1) is 27.6 Å². The molecule has 43 heavy (non-hydrogen) atoms. The van der Waals surface area contributed by atoms with Crippen LogP contribution in [0.2, 0.25) is 0 Å². The highest BCUT2D eigenvalue weighted by molar-refractivity contribution is 9.12. The molecule has 0 saturated heterocycles. The smallest absolute Gasteiger partial charge is 0.331 e. The Morgan fingerprint density at radius 2 is 1.05 bits per heavy atom. The van der Waals surface area contributed by atoms with E-state index in [1.54, 1.807) is 13.8 Å². The number of hydrogen-bond donors (Lipinski definition) is 0. The van der Waals surface area contributed by atoms with Crippen LogP contribution in [0, 0.1) is 5.41 Å². The van der Waals surface area contributed by atoms with E-state index >= 15 is 0 Å². The zero-order valence-electron chi connectivity index (χ0n) is 25.8. The van der Waals surface area contributed by atoms with E-state index in [1.807, 2.05) is 41.5 Å². The van der Waals surface area contributed by atoms with E-state index in [-0.39, 0.29) is 37.9 Å². The van der Waals surface area contributed by atoms with Gasteiger partial charge >= 0.3 is 11.9 Å². The van der Waals surface area contributed by atoms with E-state index in [1.165, 1.54) is 0 Å². The van der Waals surface area contributed by atoms with Crippen LogP contribution in [0.5, 0.6) is 0 Å². The van der Waals surface area contributed by atoms with Crippen LogP contribution >= 0.6 is 63.7 Å². The van der Waals surface area contributed by atoms with Crippen molar-refractivity contribution in [3.63, 3.8) is 0 Å². The lowest BCUT2D eigenvalue weighted by Gasteiger charge is -2.60. The first-order valence-electron chi connectivity index (χ1n) is 13.9. The Morgan fingerprint density at radius 1 is 0.721 bits per heavy atom. The summed E-state index contributed by atoms with van der Waals surface area (Å²) in [5.74, 6) is -0.993. The van der Waals surface area contributed by atoms with Crippen molar-refractivity contribution >= 4 is 75.7 Å². The Balaban J connectivity index is 3.38. The molecule has 0 heterocycles. The van der Waals surface area contributed by atoms with Gasteiger partial charge in [-0.15, -0.1) is 0 Å². The minimum Gasteiger partial charge on any atom is -0.493 e. The van der Waals surface area contributed by atoms with E-state index in [9.17, 15) is 9.59 Å². The van der Waals surface area contributed by atoms with Crippen LogP contribution in [0.1, 0.15) is 55.4 Å². The molecule has 0 saturated carbocycles. The normalized spacial score (nSPS) is 26.4. The third kappa shape index (κ3) is 6.30. The van der Waals surface area contributed by atoms with Crippen molar-refractivity contribution in [3.05, 3.63) is 65.9 Å². The molecule has 0 aromatic heterocycles. The number of hydrogen-bond acceptors (Lipinski definition) is 8. The number of halogens is 4. The van der Waals surface area contributed by atoms with Gasteiger partial charge in [0.2, 0.25) is 11.2 Å². The molecule has 2 aliphatic carbocycles. The molecule has 2 rings (SSSR count). The van der Waals surface area contributed by atoms with Crippen molar-refractivity contribution in [1.29, 1.82) is 0 Å². The molecule has 240 valence electrons. The van der Waals surface area contributed by atoms with Gasteiger partial charge in [-0.1, -0.05) is 58.9 Å². The average molecular weight is 860 g/mol. The molecule has 0 spiro atoms. The standard InChI is InChI=1S/C31H40Br4O8/c1-11-19(36)42-30(25(38-13-3)21(32)17(7)22(33)26(30)39-14-4)29(9,10)31(43-20(37)12-2)27(40-15-5)23(34)18(8)24(35)28(31)41-16-6/h11-12,25,27H,1-2,13-16H2,3-10H3. The van der Waals surface area contributed by atoms with Crippen molar-refractivity contribution < 1.29 is 38.0 Å². The summed E-state index contributed by atoms with van der Waals surface area (Å²) in [7, 11) is 0. The molecule has 0 N–H and O–H groups in total. The van der Waals surface area contributed by atoms with Gasteiger partial charge in [0.25, 0.3) is 0 Å². The van der Waals surface area contributed by atoms with Gasteiger partial charge < -0.3 is 28.4 Å². The van der Waals surface area contributed by atoms with Gasteiger partial charge in [0, 0.05) is 34.3 Å². The third-order valence-electron chi connectivity index (χ3n) is 7.60. The van der Waals surface area contributed by atoms with Crippen LogP contribution in [0.4, 0.5) is 0 Å². The molecule has 0 radical (unpaired) electrons.